The zero-order valence-corrected chi connectivity index (χ0v) is 21.4. The van der Waals surface area contributed by atoms with Gasteiger partial charge in [0.15, 0.2) is 5.82 Å². The summed E-state index contributed by atoms with van der Waals surface area (Å²) in [4.78, 5) is 32.3. The van der Waals surface area contributed by atoms with Crippen molar-refractivity contribution in [1.82, 2.24) is 24.5 Å². The number of nitrogens with zero attached hydrogens (tertiary/aromatic N) is 4. The Morgan fingerprint density at radius 1 is 1.18 bits per heavy atom. The molecule has 196 valence electrons. The number of fused-ring (bicyclic) bond motifs is 6. The maximum atomic E-state index is 14.1. The van der Waals surface area contributed by atoms with Gasteiger partial charge in [-0.25, -0.2) is 0 Å². The number of amides is 1. The second-order valence-electron chi connectivity index (χ2n) is 11.7. The Morgan fingerprint density at radius 3 is 2.74 bits per heavy atom. The average molecular weight is 513 g/mol. The molecular formula is C29H32N6O3. The molecule has 2 atom stereocenters. The summed E-state index contributed by atoms with van der Waals surface area (Å²) in [5.41, 5.74) is 4.85. The number of carbonyl (C=O) groups excluding carboxylic acids is 1. The predicted molar refractivity (Wildman–Crippen MR) is 142 cm³/mol. The van der Waals surface area contributed by atoms with Gasteiger partial charge in [-0.15, -0.1) is 5.10 Å². The maximum Gasteiger partial charge on any atom is 0.279 e. The fraction of sp³-hybridized carbons (Fsp3) is 0.517. The molecule has 9 heteroatoms. The van der Waals surface area contributed by atoms with Gasteiger partial charge in [-0.2, -0.15) is 9.50 Å². The predicted octanol–water partition coefficient (Wildman–Crippen LogP) is 2.95. The zero-order valence-electron chi connectivity index (χ0n) is 21.4. The number of piperidine rings is 1. The van der Waals surface area contributed by atoms with Gasteiger partial charge >= 0.3 is 0 Å². The lowest BCUT2D eigenvalue weighted by Crippen LogP contribution is -2.44. The number of anilines is 1. The first-order chi connectivity index (χ1) is 18.6. The lowest BCUT2D eigenvalue weighted by Gasteiger charge is -2.36. The molecular weight excluding hydrogens is 480 g/mol. The van der Waals surface area contributed by atoms with Crippen LogP contribution in [-0.2, 0) is 21.5 Å². The number of hydrogen-bond acceptors (Lipinski definition) is 6. The summed E-state index contributed by atoms with van der Waals surface area (Å²) >= 11 is 0. The van der Waals surface area contributed by atoms with E-state index in [0.717, 1.165) is 54.9 Å². The molecule has 5 aliphatic rings. The fourth-order valence-electron chi connectivity index (χ4n) is 7.33. The highest BCUT2D eigenvalue weighted by Crippen LogP contribution is 2.67. The molecule has 1 amide bonds. The molecule has 2 aromatic heterocycles. The Morgan fingerprint density at radius 2 is 2.00 bits per heavy atom. The fourth-order valence-corrected chi connectivity index (χ4v) is 7.33. The Hall–Kier alpha value is -3.30. The highest BCUT2D eigenvalue weighted by molar-refractivity contribution is 5.91. The second-order valence-corrected chi connectivity index (χ2v) is 11.7. The SMILES string of the molecule is O=C(Cn1c2c(c(=O)n3nc(C4=CCOCC4)nc13)C1(CCNCC1)[C@@H]1C[C@H]21)Nc1ccc(C2CC2)cc1. The summed E-state index contributed by atoms with van der Waals surface area (Å²) in [6.45, 7) is 3.06. The van der Waals surface area contributed by atoms with Crippen LogP contribution in [0, 0.1) is 5.92 Å². The standard InChI is InChI=1S/C29H32N6O3/c36-23(31-20-5-3-18(4-6-20)17-1-2-17)16-34-25-21-15-22(21)29(9-11-30-12-10-29)24(25)27(37)35-28(34)32-26(33-35)19-7-13-38-14-8-19/h3-7,17,21-22,30H,1-2,8-16H2,(H,31,36)/t21-,22+/m0/s1. The number of aromatic nitrogens is 4. The molecule has 3 fully saturated rings. The monoisotopic (exact) mass is 512 g/mol. The molecule has 0 radical (unpaired) electrons. The van der Waals surface area contributed by atoms with Crippen LogP contribution in [0.2, 0.25) is 0 Å². The summed E-state index contributed by atoms with van der Waals surface area (Å²) in [6, 6.07) is 8.21. The van der Waals surface area contributed by atoms with Gasteiger partial charge in [0.1, 0.15) is 6.54 Å². The highest BCUT2D eigenvalue weighted by Gasteiger charge is 2.63. The molecule has 0 unspecified atom stereocenters. The molecule has 2 aliphatic heterocycles. The van der Waals surface area contributed by atoms with Gasteiger partial charge < -0.3 is 19.9 Å². The summed E-state index contributed by atoms with van der Waals surface area (Å²) in [5.74, 6) is 2.38. The normalized spacial score (nSPS) is 25.2. The van der Waals surface area contributed by atoms with Crippen molar-refractivity contribution in [3.63, 3.8) is 0 Å². The lowest BCUT2D eigenvalue weighted by atomic mass is 9.72. The number of nitrogens with one attached hydrogen (secondary N) is 2. The topological polar surface area (TPSA) is 103 Å². The van der Waals surface area contributed by atoms with Crippen LogP contribution in [-0.4, -0.2) is 51.4 Å². The molecule has 2 saturated carbocycles. The molecule has 9 nitrogen and oxygen atoms in total. The van der Waals surface area contributed by atoms with Crippen molar-refractivity contribution in [2.24, 2.45) is 5.92 Å². The van der Waals surface area contributed by atoms with Crippen LogP contribution >= 0.6 is 0 Å². The first kappa shape index (κ1) is 22.7. The Labute approximate surface area is 220 Å². The summed E-state index contributed by atoms with van der Waals surface area (Å²) < 4.78 is 8.94. The second kappa shape index (κ2) is 8.35. The first-order valence-electron chi connectivity index (χ1n) is 14.0. The number of ether oxygens (including phenoxy) is 1. The largest absolute Gasteiger partial charge is 0.377 e. The van der Waals surface area contributed by atoms with E-state index < -0.39 is 0 Å². The molecule has 4 heterocycles. The average Bonchev–Trinajstić information content (AvgIpc) is 3.87. The van der Waals surface area contributed by atoms with E-state index in [9.17, 15) is 9.59 Å². The summed E-state index contributed by atoms with van der Waals surface area (Å²) in [6.07, 6.45) is 8.19. The van der Waals surface area contributed by atoms with Crippen molar-refractivity contribution in [2.75, 3.05) is 31.6 Å². The Bertz CT molecular complexity index is 1540. The van der Waals surface area contributed by atoms with Gasteiger partial charge in [-0.05, 0) is 86.7 Å². The van der Waals surface area contributed by atoms with Crippen LogP contribution in [0.25, 0.3) is 11.4 Å². The molecule has 1 saturated heterocycles. The first-order valence-corrected chi connectivity index (χ1v) is 14.0. The van der Waals surface area contributed by atoms with E-state index in [1.54, 1.807) is 0 Å². The lowest BCUT2D eigenvalue weighted by molar-refractivity contribution is -0.116. The van der Waals surface area contributed by atoms with Gasteiger partial charge in [0.05, 0.1) is 13.2 Å². The molecule has 3 aromatic rings. The van der Waals surface area contributed by atoms with Crippen LogP contribution in [0.4, 0.5) is 5.69 Å². The zero-order chi connectivity index (χ0) is 25.4. The smallest absolute Gasteiger partial charge is 0.279 e. The van der Waals surface area contributed by atoms with Crippen molar-refractivity contribution in [2.45, 2.75) is 62.3 Å². The molecule has 1 aromatic carbocycles. The Balaban J connectivity index is 1.22. The number of hydrogen-bond donors (Lipinski definition) is 2. The number of carbonyl (C=O) groups is 1. The van der Waals surface area contributed by atoms with Crippen LogP contribution in [0.3, 0.4) is 0 Å². The quantitative estimate of drug-likeness (QED) is 0.545. The van der Waals surface area contributed by atoms with E-state index in [-0.39, 0.29) is 23.4 Å². The molecule has 1 spiro atoms. The van der Waals surface area contributed by atoms with Crippen molar-refractivity contribution in [3.8, 4) is 0 Å². The van der Waals surface area contributed by atoms with Crippen LogP contribution < -0.4 is 16.2 Å². The van der Waals surface area contributed by atoms with Gasteiger partial charge in [-0.3, -0.25) is 9.59 Å². The third-order valence-electron chi connectivity index (χ3n) is 9.43. The summed E-state index contributed by atoms with van der Waals surface area (Å²) in [7, 11) is 0. The minimum Gasteiger partial charge on any atom is -0.377 e. The molecule has 0 bridgehead atoms. The van der Waals surface area contributed by atoms with Gasteiger partial charge in [0.25, 0.3) is 5.56 Å². The minimum absolute atomic E-state index is 0.0529. The van der Waals surface area contributed by atoms with Crippen LogP contribution in [0.1, 0.15) is 73.0 Å². The molecule has 38 heavy (non-hydrogen) atoms. The van der Waals surface area contributed by atoms with E-state index in [4.69, 9.17) is 14.8 Å². The van der Waals surface area contributed by atoms with Crippen molar-refractivity contribution < 1.29 is 9.53 Å². The van der Waals surface area contributed by atoms with Crippen LogP contribution in [0.15, 0.2) is 35.1 Å². The number of rotatable bonds is 5. The van der Waals surface area contributed by atoms with E-state index in [2.05, 4.69) is 22.8 Å². The Kier molecular flexibility index (Phi) is 4.98. The van der Waals surface area contributed by atoms with E-state index in [0.29, 0.717) is 49.0 Å². The third-order valence-corrected chi connectivity index (χ3v) is 9.43. The van der Waals surface area contributed by atoms with Gasteiger partial charge in [0.2, 0.25) is 11.7 Å². The van der Waals surface area contributed by atoms with E-state index in [1.165, 1.54) is 22.9 Å². The molecule has 8 rings (SSSR count). The minimum atomic E-state index is -0.128. The number of benzene rings is 1. The summed E-state index contributed by atoms with van der Waals surface area (Å²) in [5, 5.41) is 11.3. The molecule has 2 N–H and O–H groups in total. The van der Waals surface area contributed by atoms with Crippen molar-refractivity contribution >= 4 is 22.9 Å². The van der Waals surface area contributed by atoms with Gasteiger partial charge in [0, 0.05) is 28.3 Å². The van der Waals surface area contributed by atoms with E-state index >= 15 is 0 Å². The third kappa shape index (κ3) is 3.44. The van der Waals surface area contributed by atoms with Crippen molar-refractivity contribution in [3.05, 3.63) is 63.3 Å². The molecule has 3 aliphatic carbocycles. The van der Waals surface area contributed by atoms with Crippen molar-refractivity contribution in [1.29, 1.82) is 0 Å². The van der Waals surface area contributed by atoms with E-state index in [1.807, 2.05) is 22.8 Å². The van der Waals surface area contributed by atoms with Gasteiger partial charge in [-0.1, -0.05) is 18.2 Å². The highest BCUT2D eigenvalue weighted by atomic mass is 16.5. The maximum absolute atomic E-state index is 14.1. The van der Waals surface area contributed by atoms with Crippen LogP contribution in [0.5, 0.6) is 0 Å².